The highest BCUT2D eigenvalue weighted by molar-refractivity contribution is 8.00. The number of nitrogens with two attached hydrogens (primary N) is 2. The largest absolute Gasteiger partial charge is 0.464 e. The quantitative estimate of drug-likeness (QED) is 0.744. The van der Waals surface area contributed by atoms with E-state index < -0.39 is 6.09 Å². The highest BCUT2D eigenvalue weighted by atomic mass is 32.2. The van der Waals surface area contributed by atoms with E-state index in [2.05, 4.69) is 4.98 Å². The zero-order chi connectivity index (χ0) is 15.4. The number of carbonyl (C=O) groups is 1. The number of amides is 1. The highest BCUT2D eigenvalue weighted by Crippen LogP contribution is 2.31. The fraction of sp³-hybridized carbons (Fsp3) is 0.0769. The Bertz CT molecular complexity index is 648. The van der Waals surface area contributed by atoms with Gasteiger partial charge in [-0.3, -0.25) is 0 Å². The minimum Gasteiger partial charge on any atom is -0.464 e. The maximum atomic E-state index is 11.0. The number of ether oxygens (including phenoxy) is 1. The molecule has 1 amide bonds. The van der Waals surface area contributed by atoms with Gasteiger partial charge in [-0.25, -0.2) is 14.1 Å². The van der Waals surface area contributed by atoms with Crippen LogP contribution in [0.1, 0.15) is 0 Å². The number of pyridine rings is 1. The van der Waals surface area contributed by atoms with Crippen LogP contribution in [-0.4, -0.2) is 22.4 Å². The average Bonchev–Trinajstić information content (AvgIpc) is 2.46. The molecule has 7 nitrogen and oxygen atoms in total. The average molecular weight is 306 g/mol. The van der Waals surface area contributed by atoms with Gasteiger partial charge in [0.2, 0.25) is 0 Å². The number of benzene rings is 1. The zero-order valence-corrected chi connectivity index (χ0v) is 12.0. The molecule has 0 aliphatic rings. The molecule has 0 radical (unpaired) electrons. The summed E-state index contributed by atoms with van der Waals surface area (Å²) in [6.07, 6.45) is 2.14. The van der Waals surface area contributed by atoms with Crippen LogP contribution in [0.2, 0.25) is 0 Å². The third-order valence-corrected chi connectivity index (χ3v) is 3.37. The second-order valence-corrected chi connectivity index (χ2v) is 4.69. The molecule has 0 aliphatic carbocycles. The molecule has 0 bridgehead atoms. The molecule has 0 fully saturated rings. The SMILES string of the molecule is CSN(C(=O)O)c1ccc(Oc2ccnc(N)c2N)cc1. The number of carboxylic acid groups (broad SMARTS) is 1. The third-order valence-electron chi connectivity index (χ3n) is 2.64. The van der Waals surface area contributed by atoms with Gasteiger partial charge in [0, 0.05) is 18.5 Å². The van der Waals surface area contributed by atoms with Crippen molar-refractivity contribution in [3.63, 3.8) is 0 Å². The second-order valence-electron chi connectivity index (χ2n) is 3.96. The Morgan fingerprint density at radius 3 is 2.52 bits per heavy atom. The summed E-state index contributed by atoms with van der Waals surface area (Å²) in [7, 11) is 0. The van der Waals surface area contributed by atoms with Crippen molar-refractivity contribution in [2.24, 2.45) is 0 Å². The molecular weight excluding hydrogens is 292 g/mol. The lowest BCUT2D eigenvalue weighted by atomic mass is 10.3. The Labute approximate surface area is 125 Å². The van der Waals surface area contributed by atoms with Crippen LogP contribution in [0.15, 0.2) is 36.5 Å². The molecule has 2 rings (SSSR count). The molecular formula is C13H14N4O3S. The van der Waals surface area contributed by atoms with Gasteiger partial charge in [-0.2, -0.15) is 0 Å². The molecule has 0 saturated heterocycles. The Balaban J connectivity index is 2.20. The number of nitrogens with zero attached hydrogens (tertiary/aromatic N) is 2. The maximum Gasteiger partial charge on any atom is 0.422 e. The molecule has 5 N–H and O–H groups in total. The van der Waals surface area contributed by atoms with Crippen LogP contribution in [0.3, 0.4) is 0 Å². The van der Waals surface area contributed by atoms with E-state index in [1.165, 1.54) is 6.20 Å². The van der Waals surface area contributed by atoms with E-state index in [1.807, 2.05) is 0 Å². The van der Waals surface area contributed by atoms with E-state index in [0.717, 1.165) is 16.3 Å². The number of anilines is 3. The third kappa shape index (κ3) is 3.29. The lowest BCUT2D eigenvalue weighted by molar-refractivity contribution is 0.206. The van der Waals surface area contributed by atoms with E-state index in [1.54, 1.807) is 36.6 Å². The van der Waals surface area contributed by atoms with Crippen LogP contribution in [0.25, 0.3) is 0 Å². The monoisotopic (exact) mass is 306 g/mol. The van der Waals surface area contributed by atoms with Gasteiger partial charge < -0.3 is 21.3 Å². The Morgan fingerprint density at radius 1 is 1.29 bits per heavy atom. The van der Waals surface area contributed by atoms with Gasteiger partial charge in [-0.15, -0.1) is 0 Å². The van der Waals surface area contributed by atoms with Crippen molar-refractivity contribution in [3.05, 3.63) is 36.5 Å². The number of hydrogen-bond donors (Lipinski definition) is 3. The Morgan fingerprint density at radius 2 is 1.95 bits per heavy atom. The summed E-state index contributed by atoms with van der Waals surface area (Å²) in [6, 6.07) is 8.18. The van der Waals surface area contributed by atoms with Crippen molar-refractivity contribution >= 4 is 35.2 Å². The summed E-state index contributed by atoms with van der Waals surface area (Å²) in [6.45, 7) is 0. The van der Waals surface area contributed by atoms with Gasteiger partial charge in [0.05, 0.1) is 5.69 Å². The van der Waals surface area contributed by atoms with Crippen LogP contribution >= 0.6 is 11.9 Å². The topological polar surface area (TPSA) is 115 Å². The van der Waals surface area contributed by atoms with E-state index in [-0.39, 0.29) is 11.5 Å². The lowest BCUT2D eigenvalue weighted by Gasteiger charge is -2.16. The van der Waals surface area contributed by atoms with Gasteiger partial charge in [-0.05, 0) is 36.2 Å². The van der Waals surface area contributed by atoms with Crippen molar-refractivity contribution in [1.29, 1.82) is 0 Å². The summed E-state index contributed by atoms with van der Waals surface area (Å²) in [4.78, 5) is 14.9. The predicted molar refractivity (Wildman–Crippen MR) is 83.6 cm³/mol. The van der Waals surface area contributed by atoms with Gasteiger partial charge in [0.15, 0.2) is 5.75 Å². The fourth-order valence-corrected chi connectivity index (χ4v) is 2.12. The molecule has 0 spiro atoms. The van der Waals surface area contributed by atoms with Gasteiger partial charge in [-0.1, -0.05) is 0 Å². The van der Waals surface area contributed by atoms with E-state index in [0.29, 0.717) is 17.2 Å². The van der Waals surface area contributed by atoms with Crippen LogP contribution < -0.4 is 20.5 Å². The zero-order valence-electron chi connectivity index (χ0n) is 11.2. The molecule has 0 atom stereocenters. The second kappa shape index (κ2) is 6.23. The van der Waals surface area contributed by atoms with Gasteiger partial charge in [0.1, 0.15) is 17.3 Å². The van der Waals surface area contributed by atoms with Crippen LogP contribution in [0, 0.1) is 0 Å². The molecule has 1 heterocycles. The van der Waals surface area contributed by atoms with Crippen molar-refractivity contribution in [2.75, 3.05) is 22.0 Å². The number of nitrogen functional groups attached to an aromatic ring is 2. The Hall–Kier alpha value is -2.61. The first-order valence-corrected chi connectivity index (χ1v) is 7.06. The van der Waals surface area contributed by atoms with Crippen LogP contribution in [0.4, 0.5) is 22.0 Å². The fourth-order valence-electron chi connectivity index (χ4n) is 1.63. The maximum absolute atomic E-state index is 11.0. The standard InChI is InChI=1S/C13H14N4O3S/c1-21-17(13(18)19)8-2-4-9(5-3-8)20-10-6-7-16-12(15)11(10)14/h2-7H,14H2,1H3,(H2,15,16)(H,18,19). The van der Waals surface area contributed by atoms with Gasteiger partial charge in [0.25, 0.3) is 0 Å². The smallest absolute Gasteiger partial charge is 0.422 e. The van der Waals surface area contributed by atoms with Gasteiger partial charge >= 0.3 is 6.09 Å². The van der Waals surface area contributed by atoms with Crippen molar-refractivity contribution in [1.82, 2.24) is 4.98 Å². The first kappa shape index (κ1) is 14.8. The molecule has 2 aromatic rings. The van der Waals surface area contributed by atoms with Crippen LogP contribution in [0.5, 0.6) is 11.5 Å². The highest BCUT2D eigenvalue weighted by Gasteiger charge is 2.13. The van der Waals surface area contributed by atoms with E-state index in [4.69, 9.17) is 21.3 Å². The molecule has 1 aromatic heterocycles. The Kier molecular flexibility index (Phi) is 4.39. The molecule has 0 aliphatic heterocycles. The summed E-state index contributed by atoms with van der Waals surface area (Å²) >= 11 is 1.09. The minimum absolute atomic E-state index is 0.198. The summed E-state index contributed by atoms with van der Waals surface area (Å²) < 4.78 is 6.74. The molecule has 0 unspecified atom stereocenters. The predicted octanol–water partition coefficient (Wildman–Crippen LogP) is 2.80. The molecule has 110 valence electrons. The number of hydrogen-bond acceptors (Lipinski definition) is 6. The molecule has 21 heavy (non-hydrogen) atoms. The van der Waals surface area contributed by atoms with Crippen LogP contribution in [-0.2, 0) is 0 Å². The summed E-state index contributed by atoms with van der Waals surface area (Å²) in [5.41, 5.74) is 12.2. The molecule has 8 heteroatoms. The minimum atomic E-state index is -1.04. The van der Waals surface area contributed by atoms with E-state index in [9.17, 15) is 4.79 Å². The first-order chi connectivity index (χ1) is 10.0. The van der Waals surface area contributed by atoms with Crippen molar-refractivity contribution in [2.45, 2.75) is 0 Å². The molecule has 0 saturated carbocycles. The number of rotatable bonds is 4. The first-order valence-electron chi connectivity index (χ1n) is 5.88. The normalized spacial score (nSPS) is 10.1. The number of aromatic nitrogens is 1. The molecule has 1 aromatic carbocycles. The van der Waals surface area contributed by atoms with E-state index >= 15 is 0 Å². The van der Waals surface area contributed by atoms with Crippen molar-refractivity contribution in [3.8, 4) is 11.5 Å². The lowest BCUT2D eigenvalue weighted by Crippen LogP contribution is -2.20. The van der Waals surface area contributed by atoms with Crippen molar-refractivity contribution < 1.29 is 14.6 Å². The summed E-state index contributed by atoms with van der Waals surface area (Å²) in [5.74, 6) is 1.11. The summed E-state index contributed by atoms with van der Waals surface area (Å²) in [5, 5.41) is 9.03.